The van der Waals surface area contributed by atoms with E-state index in [4.69, 9.17) is 4.74 Å². The van der Waals surface area contributed by atoms with Crippen molar-refractivity contribution in [3.63, 3.8) is 0 Å². The molecule has 0 aliphatic carbocycles. The topological polar surface area (TPSA) is 83.2 Å². The van der Waals surface area contributed by atoms with Crippen molar-refractivity contribution in [2.75, 3.05) is 12.4 Å². The van der Waals surface area contributed by atoms with Gasteiger partial charge in [0.25, 0.3) is 11.8 Å². The third-order valence-corrected chi connectivity index (χ3v) is 5.31. The number of aryl methyl sites for hydroxylation is 2. The van der Waals surface area contributed by atoms with Crippen molar-refractivity contribution in [3.05, 3.63) is 94.7 Å². The molecule has 3 aromatic carbocycles. The minimum absolute atomic E-state index is 0.264. The summed E-state index contributed by atoms with van der Waals surface area (Å²) in [6, 6.07) is 20.7. The number of ether oxygens (including phenoxy) is 1. The Morgan fingerprint density at radius 3 is 2.38 bits per heavy atom. The third-order valence-electron chi connectivity index (χ3n) is 5.31. The molecule has 6 nitrogen and oxygen atoms in total. The van der Waals surface area contributed by atoms with Gasteiger partial charge in [-0.15, -0.1) is 0 Å². The number of nitrogens with one attached hydrogen (secondary N) is 3. The van der Waals surface area contributed by atoms with Gasteiger partial charge >= 0.3 is 0 Å². The summed E-state index contributed by atoms with van der Waals surface area (Å²) in [5.74, 6) is 0.196. The van der Waals surface area contributed by atoms with Gasteiger partial charge in [0, 0.05) is 23.0 Å². The number of fused-ring (bicyclic) bond motifs is 1. The fourth-order valence-electron chi connectivity index (χ4n) is 3.59. The highest BCUT2D eigenvalue weighted by Gasteiger charge is 2.20. The Hall–Kier alpha value is -4.06. The van der Waals surface area contributed by atoms with Gasteiger partial charge in [-0.3, -0.25) is 9.59 Å². The molecule has 0 unspecified atom stereocenters. The molecule has 0 aliphatic heterocycles. The van der Waals surface area contributed by atoms with Crippen LogP contribution in [0.1, 0.15) is 37.5 Å². The molecule has 1 aromatic heterocycles. The summed E-state index contributed by atoms with van der Waals surface area (Å²) in [5, 5.41) is 6.67. The number of aromatic amines is 1. The van der Waals surface area contributed by atoms with E-state index in [1.165, 1.54) is 0 Å². The maximum Gasteiger partial charge on any atom is 0.270 e. The number of amides is 2. The van der Waals surface area contributed by atoms with Crippen LogP contribution >= 0.6 is 0 Å². The molecular formula is C26H25N3O3. The number of hydrogen-bond acceptors (Lipinski definition) is 3. The van der Waals surface area contributed by atoms with Gasteiger partial charge in [0.15, 0.2) is 0 Å². The lowest BCUT2D eigenvalue weighted by molar-refractivity contribution is 0.0947. The van der Waals surface area contributed by atoms with Crippen molar-refractivity contribution in [2.24, 2.45) is 0 Å². The van der Waals surface area contributed by atoms with Crippen molar-refractivity contribution >= 4 is 28.4 Å². The molecule has 4 rings (SSSR count). The minimum Gasteiger partial charge on any atom is -0.497 e. The van der Waals surface area contributed by atoms with Crippen LogP contribution in [0.2, 0.25) is 0 Å². The summed E-state index contributed by atoms with van der Waals surface area (Å²) >= 11 is 0. The van der Waals surface area contributed by atoms with Crippen LogP contribution in [-0.4, -0.2) is 23.9 Å². The molecule has 4 aromatic rings. The number of carbonyl (C=O) groups is 2. The molecule has 0 spiro atoms. The van der Waals surface area contributed by atoms with Gasteiger partial charge < -0.3 is 20.4 Å². The average Bonchev–Trinajstić information content (AvgIpc) is 3.15. The first-order chi connectivity index (χ1) is 15.4. The summed E-state index contributed by atoms with van der Waals surface area (Å²) in [7, 11) is 1.61. The van der Waals surface area contributed by atoms with E-state index in [-0.39, 0.29) is 11.8 Å². The molecule has 0 saturated heterocycles. The summed E-state index contributed by atoms with van der Waals surface area (Å²) in [6.07, 6.45) is 0. The zero-order chi connectivity index (χ0) is 22.7. The van der Waals surface area contributed by atoms with E-state index in [9.17, 15) is 9.59 Å². The SMILES string of the molecule is COc1ccc(CNC(=O)c2[nH]c3ccc(C)cc3c2NC(=O)c2cccc(C)c2)cc1. The predicted octanol–water partition coefficient (Wildman–Crippen LogP) is 4.98. The van der Waals surface area contributed by atoms with Gasteiger partial charge in [0.1, 0.15) is 11.4 Å². The van der Waals surface area contributed by atoms with Gasteiger partial charge in [0.2, 0.25) is 0 Å². The van der Waals surface area contributed by atoms with Crippen molar-refractivity contribution in [2.45, 2.75) is 20.4 Å². The third kappa shape index (κ3) is 4.49. The van der Waals surface area contributed by atoms with Gasteiger partial charge in [-0.05, 0) is 55.8 Å². The predicted molar refractivity (Wildman–Crippen MR) is 126 cm³/mol. The van der Waals surface area contributed by atoms with Crippen LogP contribution in [0, 0.1) is 13.8 Å². The number of rotatable bonds is 6. The number of aromatic nitrogens is 1. The Kier molecular flexibility index (Phi) is 5.94. The molecule has 0 saturated carbocycles. The fraction of sp³-hybridized carbons (Fsp3) is 0.154. The second kappa shape index (κ2) is 8.98. The standard InChI is InChI=1S/C26H25N3O3/c1-16-5-4-6-19(13-16)25(30)29-23-21-14-17(2)7-12-22(21)28-24(23)26(31)27-15-18-8-10-20(32-3)11-9-18/h4-14,28H,15H2,1-3H3,(H,27,31)(H,29,30). The first kappa shape index (κ1) is 21.2. The summed E-state index contributed by atoms with van der Waals surface area (Å²) < 4.78 is 5.17. The number of H-pyrrole nitrogens is 1. The van der Waals surface area contributed by atoms with Crippen molar-refractivity contribution in [1.82, 2.24) is 10.3 Å². The van der Waals surface area contributed by atoms with Crippen molar-refractivity contribution in [3.8, 4) is 5.75 Å². The van der Waals surface area contributed by atoms with Crippen molar-refractivity contribution in [1.29, 1.82) is 0 Å². The van der Waals surface area contributed by atoms with E-state index >= 15 is 0 Å². The molecule has 0 atom stereocenters. The van der Waals surface area contributed by atoms with Gasteiger partial charge in [-0.25, -0.2) is 0 Å². The average molecular weight is 428 g/mol. The summed E-state index contributed by atoms with van der Waals surface area (Å²) in [4.78, 5) is 29.2. The number of anilines is 1. The highest BCUT2D eigenvalue weighted by Crippen LogP contribution is 2.29. The van der Waals surface area contributed by atoms with Crippen LogP contribution in [-0.2, 0) is 6.54 Å². The van der Waals surface area contributed by atoms with Crippen LogP contribution in [0.5, 0.6) is 5.75 Å². The lowest BCUT2D eigenvalue weighted by atomic mass is 10.1. The fourth-order valence-corrected chi connectivity index (χ4v) is 3.59. The highest BCUT2D eigenvalue weighted by molar-refractivity contribution is 6.15. The Morgan fingerprint density at radius 1 is 0.906 bits per heavy atom. The number of carbonyl (C=O) groups excluding carboxylic acids is 2. The molecule has 0 aliphatic rings. The van der Waals surface area contributed by atoms with E-state index in [2.05, 4.69) is 15.6 Å². The van der Waals surface area contributed by atoms with Gasteiger partial charge in [0.05, 0.1) is 12.8 Å². The molecule has 0 radical (unpaired) electrons. The maximum atomic E-state index is 13.1. The summed E-state index contributed by atoms with van der Waals surface area (Å²) in [6.45, 7) is 4.26. The minimum atomic E-state index is -0.297. The maximum absolute atomic E-state index is 13.1. The van der Waals surface area contributed by atoms with Crippen LogP contribution in [0.15, 0.2) is 66.7 Å². The highest BCUT2D eigenvalue weighted by atomic mass is 16.5. The molecule has 162 valence electrons. The van der Waals surface area contributed by atoms with E-state index < -0.39 is 0 Å². The van der Waals surface area contributed by atoms with Crippen LogP contribution in [0.4, 0.5) is 5.69 Å². The van der Waals surface area contributed by atoms with Crippen LogP contribution < -0.4 is 15.4 Å². The largest absolute Gasteiger partial charge is 0.497 e. The number of benzene rings is 3. The Balaban J connectivity index is 1.62. The quantitative estimate of drug-likeness (QED) is 0.406. The summed E-state index contributed by atoms with van der Waals surface area (Å²) in [5.41, 5.74) is 5.08. The van der Waals surface area contributed by atoms with E-state index in [1.54, 1.807) is 13.2 Å². The Labute approximate surface area is 186 Å². The molecule has 0 bridgehead atoms. The molecule has 6 heteroatoms. The first-order valence-electron chi connectivity index (χ1n) is 10.4. The van der Waals surface area contributed by atoms with Crippen molar-refractivity contribution < 1.29 is 14.3 Å². The first-order valence-corrected chi connectivity index (χ1v) is 10.4. The van der Waals surface area contributed by atoms with Gasteiger partial charge in [-0.2, -0.15) is 0 Å². The Morgan fingerprint density at radius 2 is 1.66 bits per heavy atom. The molecular weight excluding hydrogens is 402 g/mol. The lowest BCUT2D eigenvalue weighted by Crippen LogP contribution is -2.25. The zero-order valence-electron chi connectivity index (χ0n) is 18.3. The molecule has 3 N–H and O–H groups in total. The lowest BCUT2D eigenvalue weighted by Gasteiger charge is -2.10. The van der Waals surface area contributed by atoms with E-state index in [0.717, 1.165) is 33.3 Å². The Bertz CT molecular complexity index is 1290. The number of methoxy groups -OCH3 is 1. The number of hydrogen-bond donors (Lipinski definition) is 3. The second-order valence-electron chi connectivity index (χ2n) is 7.78. The monoisotopic (exact) mass is 427 g/mol. The van der Waals surface area contributed by atoms with E-state index in [1.807, 2.05) is 74.5 Å². The van der Waals surface area contributed by atoms with Crippen LogP contribution in [0.3, 0.4) is 0 Å². The molecule has 32 heavy (non-hydrogen) atoms. The van der Waals surface area contributed by atoms with Crippen LogP contribution in [0.25, 0.3) is 10.9 Å². The molecule has 1 heterocycles. The van der Waals surface area contributed by atoms with Gasteiger partial charge in [-0.1, -0.05) is 41.5 Å². The normalized spacial score (nSPS) is 10.7. The van der Waals surface area contributed by atoms with E-state index in [0.29, 0.717) is 23.5 Å². The second-order valence-corrected chi connectivity index (χ2v) is 7.78. The molecule has 2 amide bonds. The molecule has 0 fully saturated rings. The zero-order valence-corrected chi connectivity index (χ0v) is 18.3. The smallest absolute Gasteiger partial charge is 0.270 e.